The predicted molar refractivity (Wildman–Crippen MR) is 147 cm³/mol. The van der Waals surface area contributed by atoms with Crippen LogP contribution in [0.5, 0.6) is 0 Å². The number of likely N-dealkylation sites (N-methyl/N-ethyl adjacent to an activating group) is 1. The first-order valence-electron chi connectivity index (χ1n) is 12.1. The van der Waals surface area contributed by atoms with Crippen molar-refractivity contribution < 1.29 is 9.18 Å². The van der Waals surface area contributed by atoms with E-state index in [1.54, 1.807) is 30.9 Å². The summed E-state index contributed by atoms with van der Waals surface area (Å²) >= 11 is 0. The summed E-state index contributed by atoms with van der Waals surface area (Å²) in [6.07, 6.45) is 6.90. The number of benzene rings is 2. The molecule has 0 fully saturated rings. The highest BCUT2D eigenvalue weighted by Gasteiger charge is 2.15. The van der Waals surface area contributed by atoms with Gasteiger partial charge in [-0.15, -0.1) is 0 Å². The van der Waals surface area contributed by atoms with Gasteiger partial charge in [-0.2, -0.15) is 5.10 Å². The molecule has 38 heavy (non-hydrogen) atoms. The van der Waals surface area contributed by atoms with Gasteiger partial charge < -0.3 is 15.2 Å². The van der Waals surface area contributed by atoms with E-state index in [1.807, 2.05) is 55.4 Å². The van der Waals surface area contributed by atoms with Gasteiger partial charge in [0.2, 0.25) is 5.91 Å². The molecule has 0 saturated carbocycles. The largest absolute Gasteiger partial charge is 0.352 e. The lowest BCUT2D eigenvalue weighted by molar-refractivity contribution is -0.116. The summed E-state index contributed by atoms with van der Waals surface area (Å²) in [5.41, 5.74) is 7.33. The molecule has 8 nitrogen and oxygen atoms in total. The molecule has 0 spiro atoms. The topological polar surface area (TPSA) is 103 Å². The molecule has 3 N–H and O–H groups in total. The number of halogens is 1. The number of aromatic amines is 2. The Morgan fingerprint density at radius 3 is 2.61 bits per heavy atom. The summed E-state index contributed by atoms with van der Waals surface area (Å²) in [4.78, 5) is 26.1. The van der Waals surface area contributed by atoms with Crippen molar-refractivity contribution in [3.8, 4) is 33.6 Å². The second-order valence-electron chi connectivity index (χ2n) is 9.42. The van der Waals surface area contributed by atoms with E-state index in [9.17, 15) is 9.18 Å². The predicted octanol–water partition coefficient (Wildman–Crippen LogP) is 5.47. The number of hydrogen-bond acceptors (Lipinski definition) is 5. The first-order chi connectivity index (χ1) is 18.4. The van der Waals surface area contributed by atoms with Gasteiger partial charge in [-0.3, -0.25) is 19.9 Å². The van der Waals surface area contributed by atoms with E-state index in [0.717, 1.165) is 55.4 Å². The maximum Gasteiger partial charge on any atom is 0.238 e. The molecular formula is C29H24FN7O. The van der Waals surface area contributed by atoms with Crippen LogP contribution < -0.4 is 5.32 Å². The minimum atomic E-state index is -0.295. The Balaban J connectivity index is 1.38. The zero-order valence-corrected chi connectivity index (χ0v) is 20.8. The van der Waals surface area contributed by atoms with E-state index in [2.05, 4.69) is 30.5 Å². The monoisotopic (exact) mass is 505 g/mol. The second kappa shape index (κ2) is 9.53. The fourth-order valence-corrected chi connectivity index (χ4v) is 4.62. The summed E-state index contributed by atoms with van der Waals surface area (Å²) in [7, 11) is 3.69. The van der Waals surface area contributed by atoms with Crippen molar-refractivity contribution in [1.82, 2.24) is 30.0 Å². The molecule has 6 aromatic rings. The van der Waals surface area contributed by atoms with Gasteiger partial charge in [0.25, 0.3) is 0 Å². The molecule has 2 aromatic carbocycles. The Labute approximate surface area is 217 Å². The molecule has 0 aliphatic heterocycles. The summed E-state index contributed by atoms with van der Waals surface area (Å²) in [5.74, 6) is -0.399. The first-order valence-corrected chi connectivity index (χ1v) is 12.1. The Morgan fingerprint density at radius 1 is 0.895 bits per heavy atom. The first kappa shape index (κ1) is 23.5. The van der Waals surface area contributed by atoms with Crippen LogP contribution in [-0.4, -0.2) is 56.6 Å². The Morgan fingerprint density at radius 2 is 1.76 bits per heavy atom. The Hall–Kier alpha value is -4.89. The van der Waals surface area contributed by atoms with Gasteiger partial charge >= 0.3 is 0 Å². The number of H-pyrrole nitrogens is 2. The van der Waals surface area contributed by atoms with E-state index in [1.165, 1.54) is 12.1 Å². The molecule has 1 amide bonds. The van der Waals surface area contributed by atoms with Crippen LogP contribution in [0.1, 0.15) is 0 Å². The van der Waals surface area contributed by atoms with Crippen molar-refractivity contribution in [2.45, 2.75) is 0 Å². The van der Waals surface area contributed by atoms with Crippen molar-refractivity contribution in [3.05, 3.63) is 85.2 Å². The fourth-order valence-electron chi connectivity index (χ4n) is 4.62. The lowest BCUT2D eigenvalue weighted by Gasteiger charge is -2.11. The molecule has 0 aliphatic carbocycles. The average molecular weight is 506 g/mol. The summed E-state index contributed by atoms with van der Waals surface area (Å²) in [5, 5.41) is 12.4. The average Bonchev–Trinajstić information content (AvgIpc) is 3.52. The highest BCUT2D eigenvalue weighted by Crippen LogP contribution is 2.35. The van der Waals surface area contributed by atoms with Crippen molar-refractivity contribution in [3.63, 3.8) is 0 Å². The Bertz CT molecular complexity index is 1800. The molecule has 0 radical (unpaired) electrons. The highest BCUT2D eigenvalue weighted by atomic mass is 19.1. The molecular weight excluding hydrogens is 481 g/mol. The van der Waals surface area contributed by atoms with Gasteiger partial charge in [-0.05, 0) is 61.6 Å². The van der Waals surface area contributed by atoms with Crippen molar-refractivity contribution >= 4 is 33.4 Å². The molecule has 188 valence electrons. The number of carbonyl (C=O) groups is 1. The number of rotatable bonds is 6. The zero-order valence-electron chi connectivity index (χ0n) is 20.8. The van der Waals surface area contributed by atoms with E-state index in [-0.39, 0.29) is 18.3 Å². The van der Waals surface area contributed by atoms with Gasteiger partial charge in [0.15, 0.2) is 0 Å². The van der Waals surface area contributed by atoms with Gasteiger partial charge in [0.05, 0.1) is 41.4 Å². The number of hydrogen-bond donors (Lipinski definition) is 3. The SMILES string of the molecule is CN(C)CC(=O)Nc1cncc(-c2ccc3[nH]nc(-c4cc5c(-c6cccc(F)c6)cncc5[nH]4)c3c2)c1. The Kier molecular flexibility index (Phi) is 5.89. The smallest absolute Gasteiger partial charge is 0.238 e. The molecule has 4 heterocycles. The third-order valence-corrected chi connectivity index (χ3v) is 6.31. The quantitative estimate of drug-likeness (QED) is 0.278. The van der Waals surface area contributed by atoms with Gasteiger partial charge in [0.1, 0.15) is 11.5 Å². The van der Waals surface area contributed by atoms with E-state index in [4.69, 9.17) is 0 Å². The summed E-state index contributed by atoms with van der Waals surface area (Å²) < 4.78 is 13.9. The van der Waals surface area contributed by atoms with Crippen LogP contribution in [0, 0.1) is 5.82 Å². The summed E-state index contributed by atoms with van der Waals surface area (Å²) in [6, 6.07) is 16.4. The number of fused-ring (bicyclic) bond motifs is 2. The third-order valence-electron chi connectivity index (χ3n) is 6.31. The number of anilines is 1. The fraction of sp³-hybridized carbons (Fsp3) is 0.103. The molecule has 6 rings (SSSR count). The molecule has 0 atom stereocenters. The van der Waals surface area contributed by atoms with Crippen molar-refractivity contribution in [2.24, 2.45) is 0 Å². The number of amides is 1. The van der Waals surface area contributed by atoms with Crippen LogP contribution in [0.25, 0.3) is 55.4 Å². The zero-order chi connectivity index (χ0) is 26.2. The van der Waals surface area contributed by atoms with Crippen LogP contribution in [-0.2, 0) is 4.79 Å². The van der Waals surface area contributed by atoms with E-state index in [0.29, 0.717) is 5.69 Å². The van der Waals surface area contributed by atoms with E-state index < -0.39 is 0 Å². The van der Waals surface area contributed by atoms with Crippen LogP contribution in [0.2, 0.25) is 0 Å². The maximum atomic E-state index is 13.9. The number of nitrogens with one attached hydrogen (secondary N) is 3. The maximum absolute atomic E-state index is 13.9. The van der Waals surface area contributed by atoms with E-state index >= 15 is 0 Å². The van der Waals surface area contributed by atoms with Gasteiger partial charge in [-0.1, -0.05) is 18.2 Å². The minimum absolute atomic E-state index is 0.104. The molecule has 9 heteroatoms. The van der Waals surface area contributed by atoms with Crippen LogP contribution in [0.3, 0.4) is 0 Å². The number of aromatic nitrogens is 5. The van der Waals surface area contributed by atoms with Crippen LogP contribution >= 0.6 is 0 Å². The van der Waals surface area contributed by atoms with Crippen LogP contribution in [0.15, 0.2) is 79.4 Å². The lowest BCUT2D eigenvalue weighted by Crippen LogP contribution is -2.27. The normalized spacial score (nSPS) is 11.5. The lowest BCUT2D eigenvalue weighted by atomic mass is 10.0. The van der Waals surface area contributed by atoms with Crippen molar-refractivity contribution in [2.75, 3.05) is 26.0 Å². The number of nitrogens with zero attached hydrogens (tertiary/aromatic N) is 4. The van der Waals surface area contributed by atoms with Crippen molar-refractivity contribution in [1.29, 1.82) is 0 Å². The second-order valence-corrected chi connectivity index (χ2v) is 9.42. The number of carbonyl (C=O) groups excluding carboxylic acids is 1. The number of pyridine rings is 2. The highest BCUT2D eigenvalue weighted by molar-refractivity contribution is 6.01. The molecule has 0 saturated heterocycles. The van der Waals surface area contributed by atoms with Gasteiger partial charge in [-0.25, -0.2) is 4.39 Å². The molecule has 0 bridgehead atoms. The molecule has 0 aliphatic rings. The molecule has 0 unspecified atom stereocenters. The van der Waals surface area contributed by atoms with Crippen LogP contribution in [0.4, 0.5) is 10.1 Å². The summed E-state index contributed by atoms with van der Waals surface area (Å²) in [6.45, 7) is 0.287. The van der Waals surface area contributed by atoms with Gasteiger partial charge in [0, 0.05) is 34.3 Å². The third kappa shape index (κ3) is 4.51. The minimum Gasteiger partial charge on any atom is -0.352 e. The molecule has 4 aromatic heterocycles. The standard InChI is InChI=1S/C29H24FN7O/c1-37(2)16-28(38)33-21-9-19(12-31-13-21)17-6-7-25-23(10-17)29(36-35-25)26-11-22-24(14-32-15-27(22)34-26)18-4-3-5-20(30)8-18/h3-15,34H,16H2,1-2H3,(H,33,38)(H,35,36).